The summed E-state index contributed by atoms with van der Waals surface area (Å²) < 4.78 is 18.6. The fourth-order valence-electron chi connectivity index (χ4n) is 12.4. The van der Waals surface area contributed by atoms with Crippen LogP contribution in [0.1, 0.15) is 0 Å². The fraction of sp³-hybridized carbons (Fsp3) is 0. The van der Waals surface area contributed by atoms with E-state index in [0.717, 1.165) is 67.4 Å². The van der Waals surface area contributed by atoms with Gasteiger partial charge >= 0.3 is 0 Å². The van der Waals surface area contributed by atoms with Gasteiger partial charge in [0.1, 0.15) is 23.0 Å². The summed E-state index contributed by atoms with van der Waals surface area (Å²) in [7, 11) is -2.75. The third kappa shape index (κ3) is 5.93. The molecule has 4 heterocycles. The number of nitrogens with zero attached hydrogens (tertiary/aromatic N) is 2. The van der Waals surface area contributed by atoms with E-state index in [1.165, 1.54) is 58.9 Å². The number of hydrogen-bond donors (Lipinski definition) is 0. The Hall–Kier alpha value is -9.10. The van der Waals surface area contributed by atoms with Crippen molar-refractivity contribution in [3.8, 4) is 45.5 Å². The van der Waals surface area contributed by atoms with Crippen molar-refractivity contribution in [1.82, 2.24) is 9.13 Å². The second kappa shape index (κ2) is 16.0. The van der Waals surface area contributed by atoms with Crippen molar-refractivity contribution in [2.75, 3.05) is 0 Å². The Morgan fingerprint density at radius 1 is 0.306 bits per heavy atom. The van der Waals surface area contributed by atoms with Gasteiger partial charge in [-0.2, -0.15) is 0 Å². The van der Waals surface area contributed by atoms with E-state index in [0.29, 0.717) is 0 Å². The number of hydrogen-bond acceptors (Lipinski definition) is 2. The maximum absolute atomic E-state index is 6.98. The van der Waals surface area contributed by atoms with Crippen molar-refractivity contribution in [1.29, 1.82) is 0 Å². The summed E-state index contributed by atoms with van der Waals surface area (Å²) in [5, 5.41) is 10.3. The predicted molar refractivity (Wildman–Crippen MR) is 302 cm³/mol. The highest BCUT2D eigenvalue weighted by Gasteiger charge is 2.43. The van der Waals surface area contributed by atoms with Gasteiger partial charge < -0.3 is 18.6 Å². The first-order valence-electron chi connectivity index (χ1n) is 24.8. The zero-order valence-electron chi connectivity index (χ0n) is 39.1. The summed E-state index contributed by atoms with van der Waals surface area (Å²) in [5.41, 5.74) is 12.5. The molecule has 4 nitrogen and oxygen atoms in total. The average Bonchev–Trinajstić information content (AvgIpc) is 3.97. The van der Waals surface area contributed by atoms with Gasteiger partial charge in [0.15, 0.2) is 8.07 Å². The van der Waals surface area contributed by atoms with Crippen LogP contribution in [0.25, 0.3) is 66.1 Å². The zero-order chi connectivity index (χ0) is 47.3. The molecule has 0 spiro atoms. The Kier molecular flexibility index (Phi) is 9.04. The normalized spacial score (nSPS) is 12.6. The van der Waals surface area contributed by atoms with Crippen LogP contribution in [0, 0.1) is 0 Å². The second-order valence-corrected chi connectivity index (χ2v) is 22.9. The molecular formula is C66H43BN2O2Si. The minimum Gasteiger partial charge on any atom is -0.458 e. The minimum atomic E-state index is -2.75. The third-order valence-electron chi connectivity index (χ3n) is 15.4. The van der Waals surface area contributed by atoms with E-state index in [2.05, 4.69) is 264 Å². The minimum absolute atomic E-state index is 0.103. The van der Waals surface area contributed by atoms with Gasteiger partial charge in [0.05, 0.1) is 22.1 Å². The van der Waals surface area contributed by atoms with Crippen LogP contribution in [0.4, 0.5) is 0 Å². The van der Waals surface area contributed by atoms with Crippen LogP contribution in [-0.4, -0.2) is 23.9 Å². The van der Waals surface area contributed by atoms with Crippen LogP contribution < -0.4 is 46.6 Å². The van der Waals surface area contributed by atoms with E-state index in [1.807, 2.05) is 6.07 Å². The topological polar surface area (TPSA) is 28.3 Å². The monoisotopic (exact) mass is 934 g/mol. The van der Waals surface area contributed by atoms with Gasteiger partial charge in [0.2, 0.25) is 0 Å². The quantitative estimate of drug-likeness (QED) is 0.118. The Bertz CT molecular complexity index is 4190. The van der Waals surface area contributed by atoms with Crippen molar-refractivity contribution < 1.29 is 9.47 Å². The highest BCUT2D eigenvalue weighted by Crippen LogP contribution is 2.43. The molecule has 72 heavy (non-hydrogen) atoms. The fourth-order valence-corrected chi connectivity index (χ4v) is 17.2. The van der Waals surface area contributed by atoms with Gasteiger partial charge in [-0.25, -0.2) is 0 Å². The summed E-state index contributed by atoms with van der Waals surface area (Å²) in [6.07, 6.45) is 0. The Morgan fingerprint density at radius 2 is 0.806 bits per heavy atom. The largest absolute Gasteiger partial charge is 0.458 e. The van der Waals surface area contributed by atoms with Crippen LogP contribution in [-0.2, 0) is 0 Å². The molecule has 2 aliphatic rings. The first-order valence-corrected chi connectivity index (χ1v) is 26.8. The first-order chi connectivity index (χ1) is 35.7. The van der Waals surface area contributed by atoms with Crippen molar-refractivity contribution in [2.24, 2.45) is 0 Å². The first kappa shape index (κ1) is 40.8. The molecule has 11 aromatic carbocycles. The highest BCUT2D eigenvalue weighted by molar-refractivity contribution is 7.20. The second-order valence-electron chi connectivity index (χ2n) is 19.1. The van der Waals surface area contributed by atoms with Crippen LogP contribution in [0.5, 0.6) is 23.0 Å². The molecule has 0 aliphatic carbocycles. The van der Waals surface area contributed by atoms with Gasteiger partial charge in [0, 0.05) is 44.4 Å². The lowest BCUT2D eigenvalue weighted by atomic mass is 9.34. The molecule has 0 amide bonds. The lowest BCUT2D eigenvalue weighted by molar-refractivity contribution is 0.464. The molecule has 0 saturated carbocycles. The maximum Gasteiger partial charge on any atom is 0.260 e. The van der Waals surface area contributed by atoms with E-state index >= 15 is 0 Å². The summed E-state index contributed by atoms with van der Waals surface area (Å²) >= 11 is 0. The van der Waals surface area contributed by atoms with E-state index in [1.54, 1.807) is 0 Å². The average molecular weight is 935 g/mol. The highest BCUT2D eigenvalue weighted by atomic mass is 28.3. The summed E-state index contributed by atoms with van der Waals surface area (Å²) in [5.74, 6) is 3.37. The standard InChI is InChI=1S/C66H43BN2O2Si/c1-5-20-46(21-6-1)68-56-31-15-13-29-52(56)64-58(68)38-39-59-65(64)53-30-14-16-32-57(53)69(59)47-36-37-54-63(43-47)71-62-34-18-33-61-66(62)67(54)55-42-45(35-40-60(55)70-61)44-19-17-28-51(41-44)72(48-22-7-2-8-23-48,49-24-9-3-10-25-49)50-26-11-4-12-27-50/h1-43H. The molecule has 0 radical (unpaired) electrons. The number of rotatable bonds is 7. The molecule has 0 fully saturated rings. The maximum atomic E-state index is 6.98. The SMILES string of the molecule is c1ccc(-n2c3ccccc3c3c4c5ccccc5n(-c5ccc6c(c5)Oc5cccc7c5B6c5cc(-c6cccc([Si](c8ccccc8)(c8ccccc8)c8ccccc8)c6)ccc5O7)c4ccc32)cc1. The van der Waals surface area contributed by atoms with Crippen molar-refractivity contribution in [3.63, 3.8) is 0 Å². The lowest BCUT2D eigenvalue weighted by Crippen LogP contribution is -2.74. The van der Waals surface area contributed by atoms with Crippen molar-refractivity contribution in [3.05, 3.63) is 261 Å². The Labute approximate surface area is 418 Å². The van der Waals surface area contributed by atoms with Crippen LogP contribution in [0.15, 0.2) is 261 Å². The number of ether oxygens (including phenoxy) is 2. The third-order valence-corrected chi connectivity index (χ3v) is 20.2. The molecule has 0 atom stereocenters. The van der Waals surface area contributed by atoms with E-state index in [9.17, 15) is 0 Å². The summed E-state index contributed by atoms with van der Waals surface area (Å²) in [6, 6.07) is 95.4. The van der Waals surface area contributed by atoms with Gasteiger partial charge in [-0.15, -0.1) is 0 Å². The molecule has 15 rings (SSSR count). The van der Waals surface area contributed by atoms with Gasteiger partial charge in [0.25, 0.3) is 6.71 Å². The molecule has 0 unspecified atom stereocenters. The molecule has 0 N–H and O–H groups in total. The molecule has 2 aliphatic heterocycles. The predicted octanol–water partition coefficient (Wildman–Crippen LogP) is 11.7. The Balaban J connectivity index is 0.889. The molecule has 6 heteroatoms. The van der Waals surface area contributed by atoms with Crippen LogP contribution >= 0.6 is 0 Å². The molecule has 2 aromatic heterocycles. The van der Waals surface area contributed by atoms with E-state index in [4.69, 9.17) is 9.47 Å². The van der Waals surface area contributed by atoms with Crippen LogP contribution in [0.3, 0.4) is 0 Å². The molecule has 0 saturated heterocycles. The summed E-state index contributed by atoms with van der Waals surface area (Å²) in [6.45, 7) is -0.103. The molecule has 13 aromatic rings. The molecular weight excluding hydrogens is 892 g/mol. The van der Waals surface area contributed by atoms with Crippen molar-refractivity contribution in [2.45, 2.75) is 0 Å². The van der Waals surface area contributed by atoms with Gasteiger partial charge in [-0.05, 0) is 103 Å². The zero-order valence-corrected chi connectivity index (χ0v) is 40.1. The summed E-state index contributed by atoms with van der Waals surface area (Å²) in [4.78, 5) is 0. The van der Waals surface area contributed by atoms with Crippen LogP contribution in [0.2, 0.25) is 0 Å². The number of para-hydroxylation sites is 3. The number of benzene rings is 11. The molecule has 336 valence electrons. The number of aromatic nitrogens is 2. The van der Waals surface area contributed by atoms with Gasteiger partial charge in [-0.1, -0.05) is 194 Å². The molecule has 0 bridgehead atoms. The van der Waals surface area contributed by atoms with Gasteiger partial charge in [-0.3, -0.25) is 0 Å². The van der Waals surface area contributed by atoms with E-state index in [-0.39, 0.29) is 6.71 Å². The van der Waals surface area contributed by atoms with Crippen molar-refractivity contribution >= 4 is 95.5 Å². The van der Waals surface area contributed by atoms with E-state index < -0.39 is 8.07 Å². The number of fused-ring (bicyclic) bond motifs is 11. The lowest BCUT2D eigenvalue weighted by Gasteiger charge is -2.35. The smallest absolute Gasteiger partial charge is 0.260 e. The Morgan fingerprint density at radius 3 is 1.42 bits per heavy atom.